The van der Waals surface area contributed by atoms with Crippen molar-refractivity contribution in [1.82, 2.24) is 19.6 Å². The van der Waals surface area contributed by atoms with Crippen LogP contribution in [0.3, 0.4) is 0 Å². The zero-order chi connectivity index (χ0) is 18.4. The minimum atomic E-state index is -4.68. The van der Waals surface area contributed by atoms with Gasteiger partial charge in [-0.2, -0.15) is 23.4 Å². The van der Waals surface area contributed by atoms with Gasteiger partial charge in [-0.1, -0.05) is 11.6 Å². The maximum atomic E-state index is 12.9. The van der Waals surface area contributed by atoms with Gasteiger partial charge in [0.1, 0.15) is 6.04 Å². The lowest BCUT2D eigenvalue weighted by Crippen LogP contribution is -2.26. The molecule has 0 saturated carbocycles. The van der Waals surface area contributed by atoms with Crippen LogP contribution in [0.15, 0.2) is 0 Å². The number of amides is 1. The molecule has 6 nitrogen and oxygen atoms in total. The monoisotopic (exact) mass is 363 g/mol. The molecule has 2 aromatic heterocycles. The summed E-state index contributed by atoms with van der Waals surface area (Å²) in [4.78, 5) is 12.4. The molecule has 2 heterocycles. The Bertz CT molecular complexity index is 793. The van der Waals surface area contributed by atoms with Gasteiger partial charge in [0.15, 0.2) is 5.69 Å². The zero-order valence-corrected chi connectivity index (χ0v) is 14.5. The third-order valence-corrected chi connectivity index (χ3v) is 4.30. The van der Waals surface area contributed by atoms with Crippen LogP contribution in [0, 0.1) is 20.8 Å². The number of halogens is 4. The molecule has 132 valence electrons. The number of hydrogen-bond acceptors (Lipinski definition) is 3. The summed E-state index contributed by atoms with van der Waals surface area (Å²) in [6.07, 6.45) is -4.68. The topological polar surface area (TPSA) is 64.7 Å². The Hall–Kier alpha value is -2.03. The quantitative estimate of drug-likeness (QED) is 0.908. The molecule has 1 N–H and O–H groups in total. The maximum absolute atomic E-state index is 12.9. The van der Waals surface area contributed by atoms with Crippen molar-refractivity contribution in [3.8, 4) is 0 Å². The molecule has 0 fully saturated rings. The van der Waals surface area contributed by atoms with E-state index >= 15 is 0 Å². The van der Waals surface area contributed by atoms with Gasteiger partial charge in [0.25, 0.3) is 0 Å². The lowest BCUT2D eigenvalue weighted by atomic mass is 10.2. The third-order valence-electron chi connectivity index (χ3n) is 3.85. The van der Waals surface area contributed by atoms with Crippen molar-refractivity contribution in [1.29, 1.82) is 0 Å². The number of carbonyl (C=O) groups is 1. The summed E-state index contributed by atoms with van der Waals surface area (Å²) in [5, 5.41) is 9.83. The van der Waals surface area contributed by atoms with Gasteiger partial charge in [-0.25, -0.2) is 0 Å². The van der Waals surface area contributed by atoms with Crippen molar-refractivity contribution in [2.45, 2.75) is 39.9 Å². The summed E-state index contributed by atoms with van der Waals surface area (Å²) < 4.78 is 41.2. The standard InChI is InChI=1S/C14H17ClF3N5O/c1-6-11(8(3)22(5)20-6)19-13(24)9(4)23-7(2)10(15)12(21-23)14(16,17)18/h9H,1-5H3,(H,19,24)/t9-/m1/s1. The maximum Gasteiger partial charge on any atom is 0.436 e. The van der Waals surface area contributed by atoms with E-state index in [9.17, 15) is 18.0 Å². The fourth-order valence-corrected chi connectivity index (χ4v) is 2.58. The van der Waals surface area contributed by atoms with E-state index in [1.807, 2.05) is 0 Å². The molecule has 24 heavy (non-hydrogen) atoms. The lowest BCUT2D eigenvalue weighted by molar-refractivity contribution is -0.141. The van der Waals surface area contributed by atoms with Crippen LogP contribution in [0.5, 0.6) is 0 Å². The number of rotatable bonds is 3. The first-order valence-electron chi connectivity index (χ1n) is 7.08. The van der Waals surface area contributed by atoms with Crippen molar-refractivity contribution >= 4 is 23.2 Å². The number of anilines is 1. The van der Waals surface area contributed by atoms with Crippen molar-refractivity contribution in [2.75, 3.05) is 5.32 Å². The first-order valence-corrected chi connectivity index (χ1v) is 7.45. The molecular formula is C14H17ClF3N5O. The van der Waals surface area contributed by atoms with Crippen LogP contribution in [0.4, 0.5) is 18.9 Å². The Morgan fingerprint density at radius 2 is 1.79 bits per heavy atom. The number of nitrogens with one attached hydrogen (secondary N) is 1. The molecular weight excluding hydrogens is 347 g/mol. The minimum Gasteiger partial charge on any atom is -0.321 e. The highest BCUT2D eigenvalue weighted by Gasteiger charge is 2.39. The van der Waals surface area contributed by atoms with Gasteiger partial charge in [-0.15, -0.1) is 0 Å². The number of aromatic nitrogens is 4. The fourth-order valence-electron chi connectivity index (χ4n) is 2.35. The Kier molecular flexibility index (Phi) is 4.67. The molecule has 0 saturated heterocycles. The number of alkyl halides is 3. The van der Waals surface area contributed by atoms with Crippen LogP contribution in [-0.4, -0.2) is 25.5 Å². The summed E-state index contributed by atoms with van der Waals surface area (Å²) >= 11 is 5.71. The molecule has 0 aliphatic rings. The van der Waals surface area contributed by atoms with Gasteiger partial charge in [0, 0.05) is 7.05 Å². The van der Waals surface area contributed by atoms with Crippen LogP contribution in [0.25, 0.3) is 0 Å². The van der Waals surface area contributed by atoms with Crippen molar-refractivity contribution in [2.24, 2.45) is 7.05 Å². The first-order chi connectivity index (χ1) is 10.9. The predicted molar refractivity (Wildman–Crippen MR) is 83.0 cm³/mol. The van der Waals surface area contributed by atoms with Crippen molar-refractivity contribution < 1.29 is 18.0 Å². The van der Waals surface area contributed by atoms with E-state index in [1.165, 1.54) is 13.8 Å². The SMILES string of the molecule is Cc1nn(C)c(C)c1NC(=O)[C@@H](C)n1nc(C(F)(F)F)c(Cl)c1C. The summed E-state index contributed by atoms with van der Waals surface area (Å²) in [7, 11) is 1.73. The predicted octanol–water partition coefficient (Wildman–Crippen LogP) is 3.41. The number of hydrogen-bond donors (Lipinski definition) is 1. The van der Waals surface area contributed by atoms with Gasteiger partial charge in [-0.05, 0) is 27.7 Å². The van der Waals surface area contributed by atoms with Crippen molar-refractivity contribution in [3.05, 3.63) is 27.8 Å². The van der Waals surface area contributed by atoms with Crippen LogP contribution in [0.2, 0.25) is 5.02 Å². The number of nitrogens with zero attached hydrogens (tertiary/aromatic N) is 4. The fraction of sp³-hybridized carbons (Fsp3) is 0.500. The summed E-state index contributed by atoms with van der Waals surface area (Å²) in [6, 6.07) is -0.974. The van der Waals surface area contributed by atoms with Gasteiger partial charge in [0.05, 0.1) is 27.8 Å². The third kappa shape index (κ3) is 3.12. The second-order valence-corrected chi connectivity index (χ2v) is 5.90. The molecule has 0 radical (unpaired) electrons. The van der Waals surface area contributed by atoms with Gasteiger partial charge in [-0.3, -0.25) is 14.2 Å². The van der Waals surface area contributed by atoms with Crippen LogP contribution < -0.4 is 5.32 Å². The Labute approximate surface area is 141 Å². The molecule has 0 bridgehead atoms. The number of aryl methyl sites for hydroxylation is 2. The molecule has 0 aliphatic heterocycles. The molecule has 0 spiro atoms. The molecule has 0 unspecified atom stereocenters. The second kappa shape index (κ2) is 6.12. The van der Waals surface area contributed by atoms with E-state index < -0.39 is 28.8 Å². The number of carbonyl (C=O) groups excluding carboxylic acids is 1. The molecule has 0 aliphatic carbocycles. The minimum absolute atomic E-state index is 0.0753. The normalized spacial score (nSPS) is 13.2. The highest BCUT2D eigenvalue weighted by atomic mass is 35.5. The Morgan fingerprint density at radius 1 is 1.21 bits per heavy atom. The van der Waals surface area contributed by atoms with E-state index in [0.29, 0.717) is 11.4 Å². The van der Waals surface area contributed by atoms with Gasteiger partial charge in [0.2, 0.25) is 5.91 Å². The second-order valence-electron chi connectivity index (χ2n) is 5.52. The largest absolute Gasteiger partial charge is 0.436 e. The van der Waals surface area contributed by atoms with Crippen LogP contribution in [0.1, 0.15) is 35.7 Å². The van der Waals surface area contributed by atoms with E-state index in [-0.39, 0.29) is 5.69 Å². The first kappa shape index (κ1) is 18.3. The molecule has 1 amide bonds. The molecule has 0 aromatic carbocycles. The Morgan fingerprint density at radius 3 is 2.21 bits per heavy atom. The summed E-state index contributed by atoms with van der Waals surface area (Å²) in [6.45, 7) is 6.34. The average Bonchev–Trinajstić information content (AvgIpc) is 2.90. The van der Waals surface area contributed by atoms with E-state index in [2.05, 4.69) is 15.5 Å². The highest BCUT2D eigenvalue weighted by molar-refractivity contribution is 6.32. The van der Waals surface area contributed by atoms with E-state index in [4.69, 9.17) is 11.6 Å². The Balaban J connectivity index is 2.32. The zero-order valence-electron chi connectivity index (χ0n) is 13.8. The van der Waals surface area contributed by atoms with Crippen LogP contribution in [-0.2, 0) is 18.0 Å². The lowest BCUT2D eigenvalue weighted by Gasteiger charge is -2.14. The summed E-state index contributed by atoms with van der Waals surface area (Å²) in [5.74, 6) is -0.509. The molecule has 2 aromatic rings. The smallest absolute Gasteiger partial charge is 0.321 e. The van der Waals surface area contributed by atoms with Gasteiger partial charge >= 0.3 is 6.18 Å². The van der Waals surface area contributed by atoms with E-state index in [0.717, 1.165) is 10.4 Å². The highest BCUT2D eigenvalue weighted by Crippen LogP contribution is 2.36. The average molecular weight is 364 g/mol. The van der Waals surface area contributed by atoms with Gasteiger partial charge < -0.3 is 5.32 Å². The van der Waals surface area contributed by atoms with Crippen LogP contribution >= 0.6 is 11.6 Å². The molecule has 2 rings (SSSR count). The van der Waals surface area contributed by atoms with E-state index in [1.54, 1.807) is 25.6 Å². The van der Waals surface area contributed by atoms with Crippen molar-refractivity contribution in [3.63, 3.8) is 0 Å². The molecule has 10 heteroatoms. The summed E-state index contributed by atoms with van der Waals surface area (Å²) in [5.41, 5.74) is 0.753. The molecule has 1 atom stereocenters.